The molecule has 0 N–H and O–H groups in total. The van der Waals surface area contributed by atoms with Gasteiger partial charge < -0.3 is 0 Å². The number of hydrogen-bond donors (Lipinski definition) is 3. The van der Waals surface area contributed by atoms with E-state index < -0.39 is 5.12 Å². The number of thiol groups is 3. The Hall–Kier alpha value is -0.400. The van der Waals surface area contributed by atoms with Crippen molar-refractivity contribution in [3.63, 3.8) is 0 Å². The van der Waals surface area contributed by atoms with Crippen molar-refractivity contribution in [1.29, 1.82) is 0 Å². The van der Waals surface area contributed by atoms with E-state index in [1.54, 1.807) is 6.92 Å². The molecule has 0 spiro atoms. The Balaban J connectivity index is 3.23. The minimum Gasteiger partial charge on any atom is -0.280 e. The number of carbonyl (C=O) groups is 1. The number of aliphatic imine (C=N–C) groups is 1. The zero-order valence-corrected chi connectivity index (χ0v) is 9.35. The molecule has 0 aliphatic rings. The molecule has 1 heterocycles. The van der Waals surface area contributed by atoms with Crippen molar-refractivity contribution in [2.75, 3.05) is 0 Å². The van der Waals surface area contributed by atoms with Crippen LogP contribution < -0.4 is 0 Å². The molecule has 0 saturated carbocycles. The fourth-order valence-electron chi connectivity index (χ4n) is 0.782. The summed E-state index contributed by atoms with van der Waals surface area (Å²) in [5.41, 5.74) is 0.655. The van der Waals surface area contributed by atoms with Crippen LogP contribution >= 0.6 is 38.1 Å². The van der Waals surface area contributed by atoms with E-state index in [4.69, 9.17) is 0 Å². The highest BCUT2D eigenvalue weighted by Gasteiger charge is 2.13. The molecule has 4 nitrogen and oxygen atoms in total. The van der Waals surface area contributed by atoms with Crippen LogP contribution in [0.5, 0.6) is 0 Å². The average Bonchev–Trinajstić information content (AvgIpc) is 2.30. The van der Waals surface area contributed by atoms with Crippen LogP contribution in [0.2, 0.25) is 0 Å². The Kier molecular flexibility index (Phi) is 3.46. The minimum absolute atomic E-state index is 0.236. The lowest BCUT2D eigenvalue weighted by atomic mass is 10.4. The van der Waals surface area contributed by atoms with Gasteiger partial charge in [0.15, 0.2) is 5.69 Å². The van der Waals surface area contributed by atoms with Crippen molar-refractivity contribution >= 4 is 53.9 Å². The standard InChI is InChI=1S/C6H7N3OS3/c1-3(11)8-4-2-7-9(13)5(4)6(10)12/h2,13H,1H3,(H,8,11)(H,10,12). The molecule has 0 aliphatic carbocycles. The molecule has 0 fully saturated rings. The van der Waals surface area contributed by atoms with E-state index in [0.29, 0.717) is 10.7 Å². The van der Waals surface area contributed by atoms with Gasteiger partial charge in [-0.05, 0) is 19.7 Å². The molecule has 7 heteroatoms. The van der Waals surface area contributed by atoms with Gasteiger partial charge in [-0.15, -0.1) is 12.6 Å². The van der Waals surface area contributed by atoms with Gasteiger partial charge in [0.2, 0.25) is 5.12 Å². The molecule has 0 unspecified atom stereocenters. The molecule has 0 aliphatic heterocycles. The van der Waals surface area contributed by atoms with Crippen molar-refractivity contribution in [3.8, 4) is 0 Å². The summed E-state index contributed by atoms with van der Waals surface area (Å²) < 4.78 is 1.13. The van der Waals surface area contributed by atoms with Crippen molar-refractivity contribution in [2.24, 2.45) is 4.99 Å². The van der Waals surface area contributed by atoms with Gasteiger partial charge in [-0.3, -0.25) is 4.79 Å². The molecule has 13 heavy (non-hydrogen) atoms. The molecule has 0 aromatic carbocycles. The van der Waals surface area contributed by atoms with Crippen molar-refractivity contribution in [2.45, 2.75) is 6.92 Å². The van der Waals surface area contributed by atoms with E-state index in [0.717, 1.165) is 4.09 Å². The molecule has 0 amide bonds. The zero-order chi connectivity index (χ0) is 10.0. The summed E-state index contributed by atoms with van der Waals surface area (Å²) in [6.45, 7) is 1.70. The van der Waals surface area contributed by atoms with E-state index in [2.05, 4.69) is 48.2 Å². The number of rotatable bonds is 2. The van der Waals surface area contributed by atoms with E-state index in [9.17, 15) is 4.79 Å². The van der Waals surface area contributed by atoms with Gasteiger partial charge >= 0.3 is 0 Å². The Morgan fingerprint density at radius 3 is 2.69 bits per heavy atom. The first-order valence-corrected chi connectivity index (χ1v) is 4.56. The summed E-state index contributed by atoms with van der Waals surface area (Å²) in [6.07, 6.45) is 1.43. The molecule has 1 rings (SSSR count). The Labute approximate surface area is 91.8 Å². The summed E-state index contributed by atoms with van der Waals surface area (Å²) in [7, 11) is 0. The third kappa shape index (κ3) is 2.52. The average molecular weight is 233 g/mol. The number of carbonyl (C=O) groups excluding carboxylic acids is 1. The van der Waals surface area contributed by atoms with Gasteiger partial charge in [0.1, 0.15) is 5.69 Å². The van der Waals surface area contributed by atoms with Crippen LogP contribution in [-0.4, -0.2) is 19.3 Å². The first kappa shape index (κ1) is 10.7. The number of hydrogen-bond acceptors (Lipinski definition) is 4. The first-order valence-electron chi connectivity index (χ1n) is 3.27. The van der Waals surface area contributed by atoms with Crippen LogP contribution in [0.15, 0.2) is 11.2 Å². The first-order chi connectivity index (χ1) is 6.02. The van der Waals surface area contributed by atoms with Crippen LogP contribution in [0, 0.1) is 0 Å². The Morgan fingerprint density at radius 1 is 1.62 bits per heavy atom. The monoisotopic (exact) mass is 233 g/mol. The predicted octanol–water partition coefficient (Wildman–Crippen LogP) is 1.63. The topological polar surface area (TPSA) is 47.2 Å². The highest BCUT2D eigenvalue weighted by Crippen LogP contribution is 2.21. The molecule has 70 valence electrons. The van der Waals surface area contributed by atoms with Crippen LogP contribution in [0.4, 0.5) is 5.69 Å². The van der Waals surface area contributed by atoms with E-state index in [1.165, 1.54) is 6.20 Å². The van der Waals surface area contributed by atoms with Gasteiger partial charge in [0, 0.05) is 0 Å². The molecule has 1 aromatic heterocycles. The molecule has 0 radical (unpaired) electrons. The third-order valence-electron chi connectivity index (χ3n) is 1.22. The molecular formula is C6H7N3OS3. The summed E-state index contributed by atoms with van der Waals surface area (Å²) in [5, 5.41) is 3.87. The zero-order valence-electron chi connectivity index (χ0n) is 6.67. The lowest BCUT2D eigenvalue weighted by Gasteiger charge is -1.95. The lowest BCUT2D eigenvalue weighted by Crippen LogP contribution is -1.96. The van der Waals surface area contributed by atoms with Crippen LogP contribution in [0.1, 0.15) is 17.4 Å². The molecule has 1 aromatic rings. The van der Waals surface area contributed by atoms with Gasteiger partial charge in [0.05, 0.1) is 11.2 Å². The second-order valence-electron chi connectivity index (χ2n) is 2.23. The third-order valence-corrected chi connectivity index (χ3v) is 1.83. The second-order valence-corrected chi connectivity index (χ2v) is 3.66. The van der Waals surface area contributed by atoms with Gasteiger partial charge in [-0.2, -0.15) is 5.10 Å². The maximum Gasteiger partial charge on any atom is 0.237 e. The summed E-state index contributed by atoms with van der Waals surface area (Å²) in [5.74, 6) is 0. The Morgan fingerprint density at radius 2 is 2.23 bits per heavy atom. The van der Waals surface area contributed by atoms with E-state index >= 15 is 0 Å². The summed E-state index contributed by atoms with van der Waals surface area (Å²) >= 11 is 11.6. The molecule has 0 atom stereocenters. The minimum atomic E-state index is -0.430. The molecular weight excluding hydrogens is 226 g/mol. The maximum atomic E-state index is 11.0. The van der Waals surface area contributed by atoms with Gasteiger partial charge in [0.25, 0.3) is 0 Å². The van der Waals surface area contributed by atoms with Crippen molar-refractivity contribution in [1.82, 2.24) is 9.19 Å². The Bertz CT molecular complexity index is 367. The fraction of sp³-hybridized carbons (Fsp3) is 0.167. The van der Waals surface area contributed by atoms with Gasteiger partial charge in [-0.1, -0.05) is 12.6 Å². The van der Waals surface area contributed by atoms with Crippen molar-refractivity contribution < 1.29 is 4.79 Å². The van der Waals surface area contributed by atoms with Crippen molar-refractivity contribution in [3.05, 3.63) is 11.9 Å². The largest absolute Gasteiger partial charge is 0.280 e. The second kappa shape index (κ2) is 4.21. The highest BCUT2D eigenvalue weighted by molar-refractivity contribution is 7.97. The molecule has 0 saturated heterocycles. The van der Waals surface area contributed by atoms with E-state index in [1.807, 2.05) is 0 Å². The fourth-order valence-corrected chi connectivity index (χ4v) is 1.42. The van der Waals surface area contributed by atoms with Crippen LogP contribution in [-0.2, 0) is 0 Å². The van der Waals surface area contributed by atoms with E-state index in [-0.39, 0.29) is 5.69 Å². The smallest absolute Gasteiger partial charge is 0.237 e. The lowest BCUT2D eigenvalue weighted by molar-refractivity contribution is 0.108. The van der Waals surface area contributed by atoms with Gasteiger partial charge in [-0.25, -0.2) is 9.08 Å². The summed E-state index contributed by atoms with van der Waals surface area (Å²) in [4.78, 5) is 15.0. The summed E-state index contributed by atoms with van der Waals surface area (Å²) in [6, 6.07) is 0. The maximum absolute atomic E-state index is 11.0. The quantitative estimate of drug-likeness (QED) is 0.413. The normalized spacial score (nSPS) is 11.8. The van der Waals surface area contributed by atoms with Crippen LogP contribution in [0.25, 0.3) is 0 Å². The van der Waals surface area contributed by atoms with Crippen LogP contribution in [0.3, 0.4) is 0 Å². The highest BCUT2D eigenvalue weighted by atomic mass is 32.1. The number of nitrogens with zero attached hydrogens (tertiary/aromatic N) is 3. The number of aromatic nitrogens is 2. The predicted molar refractivity (Wildman–Crippen MR) is 61.7 cm³/mol. The SMILES string of the molecule is C/C(S)=N/c1cnn(S)c1C(=O)S. The molecule has 0 bridgehead atoms.